The Morgan fingerprint density at radius 1 is 1.33 bits per heavy atom. The summed E-state index contributed by atoms with van der Waals surface area (Å²) in [5.74, 6) is -0.0463. The van der Waals surface area contributed by atoms with Gasteiger partial charge in [0.2, 0.25) is 0 Å². The molecule has 1 aliphatic heterocycles. The molecule has 0 spiro atoms. The van der Waals surface area contributed by atoms with Gasteiger partial charge < -0.3 is 15.7 Å². The average Bonchev–Trinajstić information content (AvgIpc) is 1.86. The fraction of sp³-hybridized carbons (Fsp3) is 0.750. The summed E-state index contributed by atoms with van der Waals surface area (Å²) in [6.45, 7) is 0.638. The van der Waals surface area contributed by atoms with Crippen molar-refractivity contribution in [2.24, 2.45) is 0 Å². The molecule has 0 N–H and O–H groups in total. The largest absolute Gasteiger partial charge is 4.00 e. The molecule has 1 saturated heterocycles. The standard InChI is InChI=1S/C4H6O2.2O.Ti/c5-4-2-1-3-6-4;;;/h1-3H2;;;/q;2*-2;+4. The first-order valence-corrected chi connectivity index (χ1v) is 2.05. The minimum absolute atomic E-state index is 0. The maximum atomic E-state index is 10.0. The third-order valence-electron chi connectivity index (χ3n) is 0.788. The number of rotatable bonds is 0. The Balaban J connectivity index is -0.000000120. The molecule has 1 aliphatic rings. The summed E-state index contributed by atoms with van der Waals surface area (Å²) in [7, 11) is 0. The Kier molecular flexibility index (Phi) is 14.5. The molecule has 0 atom stereocenters. The molecule has 0 aromatic carbocycles. The van der Waals surface area contributed by atoms with Crippen molar-refractivity contribution >= 4 is 5.97 Å². The maximum absolute atomic E-state index is 10.0. The third kappa shape index (κ3) is 5.98. The predicted octanol–water partition coefficient (Wildman–Crippen LogP) is 0.0833. The fourth-order valence-corrected chi connectivity index (χ4v) is 0.475. The number of cyclic esters (lactones) is 1. The molecular formula is C4H6O4Ti. The van der Waals surface area contributed by atoms with Crippen LogP contribution in [-0.4, -0.2) is 12.6 Å². The van der Waals surface area contributed by atoms with E-state index in [-0.39, 0.29) is 38.6 Å². The van der Waals surface area contributed by atoms with E-state index in [9.17, 15) is 4.79 Å². The van der Waals surface area contributed by atoms with E-state index in [1.54, 1.807) is 0 Å². The molecule has 1 fully saturated rings. The van der Waals surface area contributed by atoms with Crippen LogP contribution in [0.3, 0.4) is 0 Å². The zero-order chi connectivity index (χ0) is 4.41. The van der Waals surface area contributed by atoms with Crippen molar-refractivity contribution in [3.63, 3.8) is 0 Å². The summed E-state index contributed by atoms with van der Waals surface area (Å²) in [5, 5.41) is 0. The van der Waals surface area contributed by atoms with Crippen molar-refractivity contribution in [1.82, 2.24) is 0 Å². The summed E-state index contributed by atoms with van der Waals surface area (Å²) in [5.41, 5.74) is 0. The van der Waals surface area contributed by atoms with Crippen LogP contribution in [0.1, 0.15) is 12.8 Å². The van der Waals surface area contributed by atoms with Crippen LogP contribution in [0.15, 0.2) is 0 Å². The topological polar surface area (TPSA) is 83.3 Å². The molecular weight excluding hydrogens is 160 g/mol. The first kappa shape index (κ1) is 16.0. The van der Waals surface area contributed by atoms with E-state index < -0.39 is 0 Å². The van der Waals surface area contributed by atoms with E-state index in [0.29, 0.717) is 13.0 Å². The number of carbonyl (C=O) groups excluding carboxylic acids is 1. The second-order valence-electron chi connectivity index (χ2n) is 1.32. The van der Waals surface area contributed by atoms with Gasteiger partial charge in [-0.3, -0.25) is 4.79 Å². The Morgan fingerprint density at radius 3 is 2.00 bits per heavy atom. The Morgan fingerprint density at radius 2 is 1.89 bits per heavy atom. The maximum Gasteiger partial charge on any atom is 4.00 e. The number of esters is 1. The van der Waals surface area contributed by atoms with Gasteiger partial charge in [-0.05, 0) is 6.42 Å². The number of hydrogen-bond acceptors (Lipinski definition) is 2. The Labute approximate surface area is 68.1 Å². The first-order chi connectivity index (χ1) is 2.89. The van der Waals surface area contributed by atoms with E-state index in [1.165, 1.54) is 0 Å². The van der Waals surface area contributed by atoms with Crippen LogP contribution in [0, 0.1) is 0 Å². The Bertz CT molecular complexity index is 67.0. The molecule has 0 aromatic heterocycles. The first-order valence-electron chi connectivity index (χ1n) is 2.05. The van der Waals surface area contributed by atoms with Gasteiger partial charge in [0.05, 0.1) is 6.61 Å². The van der Waals surface area contributed by atoms with Crippen molar-refractivity contribution in [1.29, 1.82) is 0 Å². The molecule has 1 rings (SSSR count). The monoisotopic (exact) mass is 166 g/mol. The SMILES string of the molecule is O=C1CCCO1.[O-2].[O-2].[Ti+4]. The molecule has 9 heavy (non-hydrogen) atoms. The number of hydrogen-bond donors (Lipinski definition) is 0. The summed E-state index contributed by atoms with van der Waals surface area (Å²) in [6, 6.07) is 0. The van der Waals surface area contributed by atoms with Gasteiger partial charge in [0.15, 0.2) is 0 Å². The second kappa shape index (κ2) is 8.10. The van der Waals surface area contributed by atoms with Crippen LogP contribution < -0.4 is 0 Å². The van der Waals surface area contributed by atoms with Crippen molar-refractivity contribution in [3.8, 4) is 0 Å². The summed E-state index contributed by atoms with van der Waals surface area (Å²) in [4.78, 5) is 10.0. The van der Waals surface area contributed by atoms with Gasteiger partial charge >= 0.3 is 27.7 Å². The van der Waals surface area contributed by atoms with Gasteiger partial charge in [-0.2, -0.15) is 0 Å². The van der Waals surface area contributed by atoms with E-state index in [0.717, 1.165) is 6.42 Å². The van der Waals surface area contributed by atoms with Crippen molar-refractivity contribution in [3.05, 3.63) is 0 Å². The van der Waals surface area contributed by atoms with Gasteiger partial charge in [0.1, 0.15) is 0 Å². The van der Waals surface area contributed by atoms with Gasteiger partial charge in [0, 0.05) is 6.42 Å². The molecule has 0 bridgehead atoms. The summed E-state index contributed by atoms with van der Waals surface area (Å²) < 4.78 is 4.51. The minimum Gasteiger partial charge on any atom is -2.00 e. The van der Waals surface area contributed by atoms with Crippen LogP contribution >= 0.6 is 0 Å². The number of ether oxygens (including phenoxy) is 1. The zero-order valence-corrected chi connectivity index (χ0v) is 6.32. The number of carbonyl (C=O) groups is 1. The Hall–Kier alpha value is 0.104. The molecule has 0 unspecified atom stereocenters. The summed E-state index contributed by atoms with van der Waals surface area (Å²) in [6.07, 6.45) is 1.54. The molecule has 0 amide bonds. The summed E-state index contributed by atoms with van der Waals surface area (Å²) >= 11 is 0. The molecule has 1 heterocycles. The third-order valence-corrected chi connectivity index (χ3v) is 0.788. The van der Waals surface area contributed by atoms with Gasteiger partial charge in [-0.25, -0.2) is 0 Å². The van der Waals surface area contributed by atoms with E-state index in [2.05, 4.69) is 4.74 Å². The minimum atomic E-state index is -0.0463. The van der Waals surface area contributed by atoms with Gasteiger partial charge in [-0.15, -0.1) is 0 Å². The quantitative estimate of drug-likeness (QED) is 0.377. The molecule has 0 radical (unpaired) electrons. The average molecular weight is 166 g/mol. The fourth-order valence-electron chi connectivity index (χ4n) is 0.475. The van der Waals surface area contributed by atoms with Crippen LogP contribution in [0.5, 0.6) is 0 Å². The second-order valence-corrected chi connectivity index (χ2v) is 1.32. The van der Waals surface area contributed by atoms with Gasteiger partial charge in [0.25, 0.3) is 0 Å². The zero-order valence-electron chi connectivity index (χ0n) is 4.75. The van der Waals surface area contributed by atoms with Crippen LogP contribution in [0.2, 0.25) is 0 Å². The normalized spacial score (nSPS) is 14.0. The molecule has 0 aromatic rings. The van der Waals surface area contributed by atoms with E-state index in [4.69, 9.17) is 0 Å². The molecule has 4 nitrogen and oxygen atoms in total. The van der Waals surface area contributed by atoms with Crippen LogP contribution in [0.4, 0.5) is 0 Å². The van der Waals surface area contributed by atoms with Crippen molar-refractivity contribution < 1.29 is 42.2 Å². The molecule has 0 aliphatic carbocycles. The van der Waals surface area contributed by atoms with E-state index >= 15 is 0 Å². The van der Waals surface area contributed by atoms with Crippen LogP contribution in [0.25, 0.3) is 0 Å². The van der Waals surface area contributed by atoms with Crippen LogP contribution in [-0.2, 0) is 42.2 Å². The molecule has 5 heteroatoms. The smallest absolute Gasteiger partial charge is 2.00 e. The van der Waals surface area contributed by atoms with Crippen molar-refractivity contribution in [2.45, 2.75) is 12.8 Å². The van der Waals surface area contributed by atoms with Crippen molar-refractivity contribution in [2.75, 3.05) is 6.61 Å². The van der Waals surface area contributed by atoms with Gasteiger partial charge in [-0.1, -0.05) is 0 Å². The molecule has 50 valence electrons. The molecule has 0 saturated carbocycles. The predicted molar refractivity (Wildman–Crippen MR) is 21.6 cm³/mol. The van der Waals surface area contributed by atoms with E-state index in [1.807, 2.05) is 0 Å².